The quantitative estimate of drug-likeness (QED) is 0.802. The van der Waals surface area contributed by atoms with Gasteiger partial charge in [0.2, 0.25) is 0 Å². The van der Waals surface area contributed by atoms with Crippen LogP contribution >= 0.6 is 11.5 Å². The van der Waals surface area contributed by atoms with Crippen molar-refractivity contribution in [2.24, 2.45) is 7.05 Å². The molecule has 8 heteroatoms. The summed E-state index contributed by atoms with van der Waals surface area (Å²) in [6.45, 7) is 2.85. The molecule has 1 saturated heterocycles. The van der Waals surface area contributed by atoms with Crippen LogP contribution < -0.4 is 0 Å². The molecule has 1 aliphatic rings. The summed E-state index contributed by atoms with van der Waals surface area (Å²) in [5.74, 6) is 0. The third-order valence-electron chi connectivity index (χ3n) is 3.98. The van der Waals surface area contributed by atoms with Crippen LogP contribution in [0.1, 0.15) is 17.7 Å². The first-order chi connectivity index (χ1) is 10.6. The molecular weight excluding hydrogens is 303 g/mol. The van der Waals surface area contributed by atoms with Gasteiger partial charge in [-0.2, -0.15) is 5.10 Å². The Morgan fingerprint density at radius 1 is 1.50 bits per heavy atom. The van der Waals surface area contributed by atoms with E-state index in [9.17, 15) is 4.39 Å². The Balaban J connectivity index is 1.58. The number of nitrogens with zero attached hydrogens (tertiary/aromatic N) is 6. The fraction of sp³-hybridized carbons (Fsp3) is 0.643. The summed E-state index contributed by atoms with van der Waals surface area (Å²) in [4.78, 5) is 4.41. The number of aryl methyl sites for hydroxylation is 1. The maximum atomic E-state index is 13.9. The average molecular weight is 324 g/mol. The summed E-state index contributed by atoms with van der Waals surface area (Å²) >= 11 is 1.36. The maximum absolute atomic E-state index is 13.9. The summed E-state index contributed by atoms with van der Waals surface area (Å²) < 4.78 is 19.5. The third kappa shape index (κ3) is 3.88. The lowest BCUT2D eigenvalue weighted by Gasteiger charge is -2.27. The minimum atomic E-state index is -0.740. The number of rotatable bonds is 6. The molecule has 6 nitrogen and oxygen atoms in total. The van der Waals surface area contributed by atoms with Crippen LogP contribution in [0.4, 0.5) is 4.39 Å². The molecule has 0 unspecified atom stereocenters. The van der Waals surface area contributed by atoms with Crippen LogP contribution in [0.15, 0.2) is 17.8 Å². The fourth-order valence-electron chi connectivity index (χ4n) is 3.05. The first-order valence-electron chi connectivity index (χ1n) is 7.40. The molecule has 22 heavy (non-hydrogen) atoms. The smallest absolute Gasteiger partial charge is 0.114 e. The molecule has 120 valence electrons. The Hall–Kier alpha value is -1.38. The minimum absolute atomic E-state index is 0.229. The number of likely N-dealkylation sites (tertiary alicyclic amines) is 1. The van der Waals surface area contributed by atoms with Gasteiger partial charge in [0, 0.05) is 56.4 Å². The Morgan fingerprint density at radius 2 is 2.36 bits per heavy atom. The average Bonchev–Trinajstić information content (AvgIpc) is 3.15. The zero-order valence-corrected chi connectivity index (χ0v) is 13.7. The van der Waals surface area contributed by atoms with Gasteiger partial charge in [-0.05, 0) is 25.0 Å². The van der Waals surface area contributed by atoms with E-state index in [1.165, 1.54) is 11.5 Å². The summed E-state index contributed by atoms with van der Waals surface area (Å²) in [5.41, 5.74) is 2.11. The second kappa shape index (κ2) is 6.80. The number of hydrogen-bond donors (Lipinski definition) is 0. The van der Waals surface area contributed by atoms with Gasteiger partial charge in [0.15, 0.2) is 0 Å². The summed E-state index contributed by atoms with van der Waals surface area (Å²) in [7, 11) is 3.95. The van der Waals surface area contributed by atoms with E-state index >= 15 is 0 Å². The van der Waals surface area contributed by atoms with E-state index in [0.717, 1.165) is 30.9 Å². The highest BCUT2D eigenvalue weighted by Gasteiger charge is 2.32. The Bertz CT molecular complexity index is 586. The molecule has 2 aromatic rings. The van der Waals surface area contributed by atoms with Crippen LogP contribution in [0.5, 0.6) is 0 Å². The van der Waals surface area contributed by atoms with Crippen molar-refractivity contribution in [1.82, 2.24) is 29.2 Å². The molecule has 1 fully saturated rings. The van der Waals surface area contributed by atoms with E-state index in [-0.39, 0.29) is 6.04 Å². The SMILES string of the molecule is CN(Cc1csnn1)C[C@@H]1C[C@H](F)CN1Cc1cnn(C)c1. The molecule has 0 radical (unpaired) electrons. The fourth-order valence-corrected chi connectivity index (χ4v) is 3.49. The van der Waals surface area contributed by atoms with Crippen molar-refractivity contribution >= 4 is 11.5 Å². The zero-order valence-electron chi connectivity index (χ0n) is 12.9. The molecule has 2 aromatic heterocycles. The van der Waals surface area contributed by atoms with E-state index in [2.05, 4.69) is 24.5 Å². The maximum Gasteiger partial charge on any atom is 0.114 e. The van der Waals surface area contributed by atoms with Gasteiger partial charge in [-0.1, -0.05) is 4.49 Å². The summed E-state index contributed by atoms with van der Waals surface area (Å²) in [6, 6.07) is 0.229. The van der Waals surface area contributed by atoms with Crippen LogP contribution in [0.3, 0.4) is 0 Å². The molecule has 1 aliphatic heterocycles. The van der Waals surface area contributed by atoms with Gasteiger partial charge < -0.3 is 0 Å². The molecular formula is C14H21FN6S. The number of alkyl halides is 1. The van der Waals surface area contributed by atoms with Gasteiger partial charge in [0.1, 0.15) is 6.17 Å². The molecule has 2 atom stereocenters. The Kier molecular flexibility index (Phi) is 4.80. The topological polar surface area (TPSA) is 50.1 Å². The molecule has 0 spiro atoms. The van der Waals surface area contributed by atoms with Crippen molar-refractivity contribution in [3.8, 4) is 0 Å². The molecule has 0 amide bonds. The van der Waals surface area contributed by atoms with Crippen molar-refractivity contribution in [1.29, 1.82) is 0 Å². The first-order valence-corrected chi connectivity index (χ1v) is 8.24. The molecule has 0 aromatic carbocycles. The molecule has 3 rings (SSSR count). The van der Waals surface area contributed by atoms with Crippen molar-refractivity contribution in [3.05, 3.63) is 29.0 Å². The molecule has 0 aliphatic carbocycles. The van der Waals surface area contributed by atoms with E-state index in [4.69, 9.17) is 0 Å². The van der Waals surface area contributed by atoms with Crippen molar-refractivity contribution < 1.29 is 4.39 Å². The summed E-state index contributed by atoms with van der Waals surface area (Å²) in [5, 5.41) is 10.2. The van der Waals surface area contributed by atoms with E-state index in [0.29, 0.717) is 13.0 Å². The second-order valence-electron chi connectivity index (χ2n) is 6.03. The first kappa shape index (κ1) is 15.5. The Labute approximate surface area is 133 Å². The van der Waals surface area contributed by atoms with Crippen LogP contribution in [-0.4, -0.2) is 61.5 Å². The molecule has 0 N–H and O–H groups in total. The Morgan fingerprint density at radius 3 is 3.05 bits per heavy atom. The number of likely N-dealkylation sites (N-methyl/N-ethyl adjacent to an activating group) is 1. The lowest BCUT2D eigenvalue weighted by atomic mass is 10.2. The molecule has 0 saturated carbocycles. The predicted molar refractivity (Wildman–Crippen MR) is 83.2 cm³/mol. The molecule has 3 heterocycles. The van der Waals surface area contributed by atoms with Crippen molar-refractivity contribution in [2.45, 2.75) is 31.7 Å². The molecule has 0 bridgehead atoms. The highest BCUT2D eigenvalue weighted by Crippen LogP contribution is 2.23. The van der Waals surface area contributed by atoms with Crippen LogP contribution in [0.2, 0.25) is 0 Å². The van der Waals surface area contributed by atoms with Gasteiger partial charge in [-0.15, -0.1) is 5.10 Å². The normalized spacial score (nSPS) is 22.7. The zero-order chi connectivity index (χ0) is 15.5. The van der Waals surface area contributed by atoms with Gasteiger partial charge in [-0.25, -0.2) is 4.39 Å². The van der Waals surface area contributed by atoms with Gasteiger partial charge >= 0.3 is 0 Å². The summed E-state index contributed by atoms with van der Waals surface area (Å²) in [6.07, 6.45) is 3.71. The second-order valence-corrected chi connectivity index (χ2v) is 6.64. The number of halogens is 1. The number of aromatic nitrogens is 4. The van der Waals surface area contributed by atoms with Crippen LogP contribution in [0, 0.1) is 0 Å². The standard InChI is InChI=1S/C14H21FN6S/c1-19(8-13-10-22-18-17-13)9-14-3-12(15)7-21(14)6-11-4-16-20(2)5-11/h4-5,10,12,14H,3,6-9H2,1-2H3/t12-,14-/m0/s1. The largest absolute Gasteiger partial charge is 0.299 e. The monoisotopic (exact) mass is 324 g/mol. The van der Waals surface area contributed by atoms with E-state index < -0.39 is 6.17 Å². The third-order valence-corrected chi connectivity index (χ3v) is 4.53. The van der Waals surface area contributed by atoms with Crippen molar-refractivity contribution in [3.63, 3.8) is 0 Å². The number of hydrogen-bond acceptors (Lipinski definition) is 6. The van der Waals surface area contributed by atoms with Gasteiger partial charge in [0.25, 0.3) is 0 Å². The van der Waals surface area contributed by atoms with Gasteiger partial charge in [0.05, 0.1) is 11.9 Å². The van der Waals surface area contributed by atoms with Crippen LogP contribution in [0.25, 0.3) is 0 Å². The van der Waals surface area contributed by atoms with Gasteiger partial charge in [-0.3, -0.25) is 14.5 Å². The van der Waals surface area contributed by atoms with Crippen LogP contribution in [-0.2, 0) is 20.1 Å². The van der Waals surface area contributed by atoms with E-state index in [1.807, 2.05) is 31.9 Å². The highest BCUT2D eigenvalue weighted by molar-refractivity contribution is 7.03. The lowest BCUT2D eigenvalue weighted by molar-refractivity contribution is 0.179. The lowest BCUT2D eigenvalue weighted by Crippen LogP contribution is -2.38. The predicted octanol–water partition coefficient (Wildman–Crippen LogP) is 1.32. The van der Waals surface area contributed by atoms with Crippen molar-refractivity contribution in [2.75, 3.05) is 20.1 Å². The minimum Gasteiger partial charge on any atom is -0.299 e. The highest BCUT2D eigenvalue weighted by atomic mass is 32.1. The van der Waals surface area contributed by atoms with E-state index in [1.54, 1.807) is 4.68 Å².